The fourth-order valence-electron chi connectivity index (χ4n) is 2.41. The van der Waals surface area contributed by atoms with Gasteiger partial charge in [0.25, 0.3) is 5.89 Å². The zero-order chi connectivity index (χ0) is 13.9. The van der Waals surface area contributed by atoms with E-state index in [1.165, 1.54) is 6.33 Å². The van der Waals surface area contributed by atoms with Gasteiger partial charge in [-0.15, -0.1) is 10.2 Å². The molecule has 0 spiro atoms. The first-order valence-corrected chi connectivity index (χ1v) is 6.57. The standard InChI is InChI=1S/C13H15N5O2/c1-9-11(5-14-7-15-9)13-17-16-12(20-13)10-3-2-4-18(6-10)8-19/h5,7-8,10H,2-4,6H2,1H3/t10-/m0/s1. The quantitative estimate of drug-likeness (QED) is 0.780. The molecular formula is C13H15N5O2. The van der Waals surface area contributed by atoms with Gasteiger partial charge < -0.3 is 9.32 Å². The molecule has 7 nitrogen and oxygen atoms in total. The van der Waals surface area contributed by atoms with Crippen LogP contribution in [0.4, 0.5) is 0 Å². The van der Waals surface area contributed by atoms with Gasteiger partial charge in [0.15, 0.2) is 0 Å². The van der Waals surface area contributed by atoms with E-state index in [1.807, 2.05) is 6.92 Å². The Balaban J connectivity index is 1.83. The predicted octanol–water partition coefficient (Wildman–Crippen LogP) is 1.17. The Kier molecular flexibility index (Phi) is 3.41. The second-order valence-corrected chi connectivity index (χ2v) is 4.91. The van der Waals surface area contributed by atoms with Crippen molar-refractivity contribution in [2.45, 2.75) is 25.7 Å². The molecule has 1 saturated heterocycles. The monoisotopic (exact) mass is 273 g/mol. The van der Waals surface area contributed by atoms with Crippen LogP contribution in [0.25, 0.3) is 11.5 Å². The zero-order valence-electron chi connectivity index (χ0n) is 11.2. The molecule has 0 unspecified atom stereocenters. The molecule has 2 aromatic heterocycles. The van der Waals surface area contributed by atoms with Crippen molar-refractivity contribution >= 4 is 6.41 Å². The van der Waals surface area contributed by atoms with E-state index in [-0.39, 0.29) is 5.92 Å². The largest absolute Gasteiger partial charge is 0.420 e. The van der Waals surface area contributed by atoms with Crippen LogP contribution in [0.2, 0.25) is 0 Å². The minimum atomic E-state index is 0.111. The molecule has 0 bridgehead atoms. The van der Waals surface area contributed by atoms with Crippen LogP contribution in [-0.2, 0) is 4.79 Å². The van der Waals surface area contributed by atoms with Crippen molar-refractivity contribution in [2.24, 2.45) is 0 Å². The van der Waals surface area contributed by atoms with Crippen molar-refractivity contribution in [3.63, 3.8) is 0 Å². The third-order valence-electron chi connectivity index (χ3n) is 3.53. The second kappa shape index (κ2) is 5.36. The predicted molar refractivity (Wildman–Crippen MR) is 69.7 cm³/mol. The molecule has 3 heterocycles. The van der Waals surface area contributed by atoms with E-state index in [4.69, 9.17) is 4.42 Å². The summed E-state index contributed by atoms with van der Waals surface area (Å²) in [4.78, 5) is 20.7. The van der Waals surface area contributed by atoms with Crippen LogP contribution in [0.5, 0.6) is 0 Å². The fourth-order valence-corrected chi connectivity index (χ4v) is 2.41. The lowest BCUT2D eigenvalue weighted by atomic mass is 9.99. The number of aromatic nitrogens is 4. The zero-order valence-corrected chi connectivity index (χ0v) is 11.2. The molecule has 104 valence electrons. The molecule has 1 fully saturated rings. The smallest absolute Gasteiger partial charge is 0.251 e. The van der Waals surface area contributed by atoms with Crippen LogP contribution < -0.4 is 0 Å². The van der Waals surface area contributed by atoms with Crippen molar-refractivity contribution in [1.29, 1.82) is 0 Å². The fraction of sp³-hybridized carbons (Fsp3) is 0.462. The Bertz CT molecular complexity index is 612. The van der Waals surface area contributed by atoms with Gasteiger partial charge in [-0.1, -0.05) is 0 Å². The number of piperidine rings is 1. The summed E-state index contributed by atoms with van der Waals surface area (Å²) in [5, 5.41) is 8.18. The maximum absolute atomic E-state index is 10.9. The summed E-state index contributed by atoms with van der Waals surface area (Å²) in [6, 6.07) is 0. The Hall–Kier alpha value is -2.31. The lowest BCUT2D eigenvalue weighted by Crippen LogP contribution is -2.33. The normalized spacial score (nSPS) is 19.1. The molecule has 0 N–H and O–H groups in total. The van der Waals surface area contributed by atoms with Gasteiger partial charge in [-0.25, -0.2) is 9.97 Å². The van der Waals surface area contributed by atoms with Gasteiger partial charge in [0.1, 0.15) is 6.33 Å². The van der Waals surface area contributed by atoms with Gasteiger partial charge in [-0.2, -0.15) is 0 Å². The summed E-state index contributed by atoms with van der Waals surface area (Å²) < 4.78 is 5.74. The van der Waals surface area contributed by atoms with Crippen LogP contribution in [0.1, 0.15) is 30.3 Å². The molecule has 1 atom stereocenters. The summed E-state index contributed by atoms with van der Waals surface area (Å²) in [6.07, 6.45) is 5.93. The molecule has 1 aliphatic heterocycles. The second-order valence-electron chi connectivity index (χ2n) is 4.91. The highest BCUT2D eigenvalue weighted by atomic mass is 16.4. The number of hydrogen-bond donors (Lipinski definition) is 0. The number of aryl methyl sites for hydroxylation is 1. The highest BCUT2D eigenvalue weighted by Crippen LogP contribution is 2.28. The first kappa shape index (κ1) is 12.7. The van der Waals surface area contributed by atoms with E-state index in [2.05, 4.69) is 20.2 Å². The molecule has 0 aromatic carbocycles. The van der Waals surface area contributed by atoms with Crippen LogP contribution in [0.3, 0.4) is 0 Å². The van der Waals surface area contributed by atoms with Gasteiger partial charge in [0.2, 0.25) is 12.3 Å². The van der Waals surface area contributed by atoms with Crippen molar-refractivity contribution in [3.8, 4) is 11.5 Å². The van der Waals surface area contributed by atoms with Crippen LogP contribution in [-0.4, -0.2) is 44.6 Å². The van der Waals surface area contributed by atoms with Gasteiger partial charge in [-0.05, 0) is 19.8 Å². The van der Waals surface area contributed by atoms with E-state index >= 15 is 0 Å². The molecule has 3 rings (SSSR count). The van der Waals surface area contributed by atoms with Crippen molar-refractivity contribution in [1.82, 2.24) is 25.1 Å². The minimum Gasteiger partial charge on any atom is -0.420 e. The molecule has 20 heavy (non-hydrogen) atoms. The molecule has 1 amide bonds. The van der Waals surface area contributed by atoms with Crippen LogP contribution >= 0.6 is 0 Å². The Morgan fingerprint density at radius 2 is 2.35 bits per heavy atom. The molecule has 1 aliphatic rings. The Morgan fingerprint density at radius 1 is 1.45 bits per heavy atom. The van der Waals surface area contributed by atoms with E-state index < -0.39 is 0 Å². The number of nitrogens with zero attached hydrogens (tertiary/aromatic N) is 5. The average Bonchev–Trinajstić information content (AvgIpc) is 2.97. The first-order valence-electron chi connectivity index (χ1n) is 6.57. The summed E-state index contributed by atoms with van der Waals surface area (Å²) in [5.74, 6) is 1.12. The van der Waals surface area contributed by atoms with E-state index in [0.29, 0.717) is 18.3 Å². The van der Waals surface area contributed by atoms with E-state index in [9.17, 15) is 4.79 Å². The minimum absolute atomic E-state index is 0.111. The SMILES string of the molecule is Cc1ncncc1-c1nnc([C@H]2CCCN(C=O)C2)o1. The summed E-state index contributed by atoms with van der Waals surface area (Å²) >= 11 is 0. The highest BCUT2D eigenvalue weighted by molar-refractivity contribution is 5.53. The molecule has 0 aliphatic carbocycles. The lowest BCUT2D eigenvalue weighted by Gasteiger charge is -2.27. The van der Waals surface area contributed by atoms with Crippen molar-refractivity contribution in [2.75, 3.05) is 13.1 Å². The van der Waals surface area contributed by atoms with Crippen LogP contribution in [0, 0.1) is 6.92 Å². The third-order valence-corrected chi connectivity index (χ3v) is 3.53. The maximum atomic E-state index is 10.9. The van der Waals surface area contributed by atoms with Crippen LogP contribution in [0.15, 0.2) is 16.9 Å². The molecule has 0 saturated carbocycles. The Labute approximate surface area is 116 Å². The summed E-state index contributed by atoms with van der Waals surface area (Å²) in [6.45, 7) is 3.30. The van der Waals surface area contributed by atoms with Gasteiger partial charge in [-0.3, -0.25) is 4.79 Å². The number of amides is 1. The van der Waals surface area contributed by atoms with E-state index in [0.717, 1.165) is 37.1 Å². The molecule has 0 radical (unpaired) electrons. The number of likely N-dealkylation sites (tertiary alicyclic amines) is 1. The number of carbonyl (C=O) groups is 1. The van der Waals surface area contributed by atoms with Gasteiger partial charge >= 0.3 is 0 Å². The summed E-state index contributed by atoms with van der Waals surface area (Å²) in [5.41, 5.74) is 1.54. The molecular weight excluding hydrogens is 258 g/mol. The van der Waals surface area contributed by atoms with Crippen molar-refractivity contribution in [3.05, 3.63) is 24.1 Å². The Morgan fingerprint density at radius 3 is 3.15 bits per heavy atom. The van der Waals surface area contributed by atoms with Crippen molar-refractivity contribution < 1.29 is 9.21 Å². The summed E-state index contributed by atoms with van der Waals surface area (Å²) in [7, 11) is 0. The lowest BCUT2D eigenvalue weighted by molar-refractivity contribution is -0.119. The first-order chi connectivity index (χ1) is 9.78. The third kappa shape index (κ3) is 2.38. The van der Waals surface area contributed by atoms with E-state index in [1.54, 1.807) is 11.1 Å². The number of hydrogen-bond acceptors (Lipinski definition) is 6. The number of carbonyl (C=O) groups excluding carboxylic acids is 1. The maximum Gasteiger partial charge on any atom is 0.251 e. The topological polar surface area (TPSA) is 85.0 Å². The molecule has 7 heteroatoms. The molecule has 2 aromatic rings. The highest BCUT2D eigenvalue weighted by Gasteiger charge is 2.25. The average molecular weight is 273 g/mol. The number of rotatable bonds is 3. The van der Waals surface area contributed by atoms with Gasteiger partial charge in [0.05, 0.1) is 17.2 Å². The van der Waals surface area contributed by atoms with Gasteiger partial charge in [0, 0.05) is 19.3 Å².